The Kier molecular flexibility index (Phi) is 7.29. The van der Waals surface area contributed by atoms with Gasteiger partial charge in [0.15, 0.2) is 23.2 Å². The molecule has 3 rings (SSSR count). The van der Waals surface area contributed by atoms with Gasteiger partial charge in [0.25, 0.3) is 0 Å². The van der Waals surface area contributed by atoms with E-state index in [1.807, 2.05) is 0 Å². The van der Waals surface area contributed by atoms with Crippen LogP contribution in [0.4, 0.5) is 22.0 Å². The first-order valence-electron chi connectivity index (χ1n) is 9.87. The van der Waals surface area contributed by atoms with E-state index in [0.717, 1.165) is 36.6 Å². The van der Waals surface area contributed by atoms with Crippen LogP contribution in [0.5, 0.6) is 11.5 Å². The first kappa shape index (κ1) is 25.2. The molecule has 0 amide bonds. The molecule has 0 saturated carbocycles. The lowest BCUT2D eigenvalue weighted by Gasteiger charge is -2.19. The van der Waals surface area contributed by atoms with Gasteiger partial charge in [-0.2, -0.15) is 17.6 Å². The summed E-state index contributed by atoms with van der Waals surface area (Å²) >= 11 is 1.15. The highest BCUT2D eigenvalue weighted by molar-refractivity contribution is 7.15. The first-order valence-corrected chi connectivity index (χ1v) is 10.7. The Morgan fingerprint density at radius 2 is 1.85 bits per heavy atom. The van der Waals surface area contributed by atoms with Crippen LogP contribution in [0.3, 0.4) is 0 Å². The average Bonchev–Trinajstić information content (AvgIpc) is 3.19. The number of ether oxygens (including phenoxy) is 2. The van der Waals surface area contributed by atoms with E-state index in [0.29, 0.717) is 27.6 Å². The molecule has 0 spiro atoms. The second-order valence-electron chi connectivity index (χ2n) is 7.13. The molecule has 1 atom stereocenters. The van der Waals surface area contributed by atoms with Crippen LogP contribution in [0.15, 0.2) is 35.5 Å². The van der Waals surface area contributed by atoms with Crippen LogP contribution >= 0.6 is 11.3 Å². The van der Waals surface area contributed by atoms with Gasteiger partial charge in [-0.3, -0.25) is 0 Å². The number of aromatic nitrogens is 1. The fourth-order valence-electron chi connectivity index (χ4n) is 3.23. The lowest BCUT2D eigenvalue weighted by atomic mass is 10.1. The number of aryl methyl sites for hydroxylation is 1. The van der Waals surface area contributed by atoms with Crippen LogP contribution < -0.4 is 15.2 Å². The molecule has 3 aromatic rings. The molecule has 1 heterocycles. The SMILES string of the molecule is CCC(Oc1c(F)cc(C(N)=NO)c(OC)c1F)c1sc(-c2ccc(C(F)(F)F)cc2)nc1C. The highest BCUT2D eigenvalue weighted by atomic mass is 32.1. The molecule has 12 heteroatoms. The molecular formula is C22H20F5N3O3S. The summed E-state index contributed by atoms with van der Waals surface area (Å²) in [4.78, 5) is 4.95. The molecule has 6 nitrogen and oxygen atoms in total. The lowest BCUT2D eigenvalue weighted by molar-refractivity contribution is -0.137. The minimum absolute atomic E-state index is 0.293. The maximum atomic E-state index is 15.0. The smallest absolute Gasteiger partial charge is 0.416 e. The van der Waals surface area contributed by atoms with Gasteiger partial charge in [0.2, 0.25) is 5.82 Å². The number of hydrogen-bond donors (Lipinski definition) is 2. The maximum Gasteiger partial charge on any atom is 0.416 e. The minimum atomic E-state index is -4.46. The highest BCUT2D eigenvalue weighted by Gasteiger charge is 2.30. The fourth-order valence-corrected chi connectivity index (χ4v) is 4.42. The summed E-state index contributed by atoms with van der Waals surface area (Å²) in [7, 11) is 1.13. The van der Waals surface area contributed by atoms with E-state index >= 15 is 4.39 Å². The number of nitrogens with two attached hydrogens (primary N) is 1. The monoisotopic (exact) mass is 501 g/mol. The zero-order chi connectivity index (χ0) is 25.2. The van der Waals surface area contributed by atoms with Crippen LogP contribution in [0, 0.1) is 18.6 Å². The zero-order valence-corrected chi connectivity index (χ0v) is 19.0. The quantitative estimate of drug-likeness (QED) is 0.135. The minimum Gasteiger partial charge on any atom is -0.493 e. The van der Waals surface area contributed by atoms with Gasteiger partial charge in [-0.05, 0) is 31.5 Å². The van der Waals surface area contributed by atoms with Gasteiger partial charge in [-0.15, -0.1) is 11.3 Å². The topological polar surface area (TPSA) is 90.0 Å². The maximum absolute atomic E-state index is 15.0. The molecule has 3 N–H and O–H groups in total. The number of methoxy groups -OCH3 is 1. The van der Waals surface area contributed by atoms with E-state index in [2.05, 4.69) is 10.1 Å². The predicted molar refractivity (Wildman–Crippen MR) is 116 cm³/mol. The molecule has 0 aliphatic heterocycles. The Labute approximate surface area is 195 Å². The summed E-state index contributed by atoms with van der Waals surface area (Å²) < 4.78 is 78.9. The normalized spacial score (nSPS) is 13.1. The van der Waals surface area contributed by atoms with Crippen molar-refractivity contribution in [3.63, 3.8) is 0 Å². The van der Waals surface area contributed by atoms with Crippen LogP contribution in [0.1, 0.15) is 41.1 Å². The molecule has 1 unspecified atom stereocenters. The van der Waals surface area contributed by atoms with Crippen LogP contribution in [-0.4, -0.2) is 23.1 Å². The lowest BCUT2D eigenvalue weighted by Crippen LogP contribution is -2.17. The second-order valence-corrected chi connectivity index (χ2v) is 8.16. The van der Waals surface area contributed by atoms with Crippen molar-refractivity contribution in [2.45, 2.75) is 32.5 Å². The third-order valence-corrected chi connectivity index (χ3v) is 6.23. The second kappa shape index (κ2) is 9.84. The van der Waals surface area contributed by atoms with Crippen molar-refractivity contribution in [3.05, 3.63) is 63.7 Å². The Hall–Kier alpha value is -3.41. The number of oxime groups is 1. The summed E-state index contributed by atoms with van der Waals surface area (Å²) in [5.41, 5.74) is 5.36. The molecule has 182 valence electrons. The number of nitrogens with zero attached hydrogens (tertiary/aromatic N) is 2. The molecule has 34 heavy (non-hydrogen) atoms. The van der Waals surface area contributed by atoms with Crippen LogP contribution in [0.25, 0.3) is 10.6 Å². The van der Waals surface area contributed by atoms with E-state index in [1.54, 1.807) is 13.8 Å². The van der Waals surface area contributed by atoms with Gasteiger partial charge in [0.1, 0.15) is 11.1 Å². The van der Waals surface area contributed by atoms with Crippen molar-refractivity contribution in [2.75, 3.05) is 7.11 Å². The van der Waals surface area contributed by atoms with Crippen LogP contribution in [0.2, 0.25) is 0 Å². The predicted octanol–water partition coefficient (Wildman–Crippen LogP) is 6.05. The summed E-state index contributed by atoms with van der Waals surface area (Å²) in [6, 6.07) is 5.36. The van der Waals surface area contributed by atoms with Crippen molar-refractivity contribution in [3.8, 4) is 22.1 Å². The standard InChI is InChI=1S/C22H20F5N3O3S/c1-4-15(33-18-14(23)9-13(20(28)30-31)17(32-3)16(18)24)19-10(2)29-21(34-19)11-5-7-12(8-6-11)22(25,26)27/h5-9,15,31H,4H2,1-3H3,(H2,28,30). The van der Waals surface area contributed by atoms with E-state index < -0.39 is 46.8 Å². The molecule has 0 aliphatic rings. The van der Waals surface area contributed by atoms with Gasteiger partial charge in [0, 0.05) is 5.56 Å². The average molecular weight is 501 g/mol. The third kappa shape index (κ3) is 4.91. The number of rotatable bonds is 7. The highest BCUT2D eigenvalue weighted by Crippen LogP contribution is 2.40. The van der Waals surface area contributed by atoms with E-state index in [-0.39, 0.29) is 5.56 Å². The van der Waals surface area contributed by atoms with E-state index in [9.17, 15) is 17.6 Å². The van der Waals surface area contributed by atoms with Crippen molar-refractivity contribution >= 4 is 17.2 Å². The van der Waals surface area contributed by atoms with Gasteiger partial charge >= 0.3 is 6.18 Å². The largest absolute Gasteiger partial charge is 0.493 e. The Bertz CT molecular complexity index is 1210. The fraction of sp³-hybridized carbons (Fsp3) is 0.273. The molecule has 1 aromatic heterocycles. The number of hydrogen-bond acceptors (Lipinski definition) is 6. The van der Waals surface area contributed by atoms with Gasteiger partial charge < -0.3 is 20.4 Å². The van der Waals surface area contributed by atoms with Crippen molar-refractivity contribution in [1.82, 2.24) is 4.98 Å². The summed E-state index contributed by atoms with van der Waals surface area (Å²) in [5.74, 6) is -4.00. The number of halogens is 5. The Morgan fingerprint density at radius 3 is 2.38 bits per heavy atom. The van der Waals surface area contributed by atoms with Crippen molar-refractivity contribution in [2.24, 2.45) is 10.9 Å². The van der Waals surface area contributed by atoms with E-state index in [4.69, 9.17) is 20.4 Å². The summed E-state index contributed by atoms with van der Waals surface area (Å²) in [5, 5.41) is 12.0. The molecule has 2 aromatic carbocycles. The Balaban J connectivity index is 1.96. The summed E-state index contributed by atoms with van der Waals surface area (Å²) in [6.45, 7) is 3.40. The molecule has 0 fully saturated rings. The number of amidine groups is 1. The summed E-state index contributed by atoms with van der Waals surface area (Å²) in [6.07, 6.45) is -4.97. The third-order valence-electron chi connectivity index (χ3n) is 4.93. The van der Waals surface area contributed by atoms with E-state index in [1.165, 1.54) is 12.1 Å². The molecule has 0 saturated heterocycles. The number of thiazole rings is 1. The zero-order valence-electron chi connectivity index (χ0n) is 18.2. The van der Waals surface area contributed by atoms with Crippen LogP contribution in [-0.2, 0) is 6.18 Å². The van der Waals surface area contributed by atoms with Gasteiger partial charge in [-0.25, -0.2) is 9.37 Å². The number of benzene rings is 2. The molecule has 0 radical (unpaired) electrons. The molecular weight excluding hydrogens is 481 g/mol. The Morgan fingerprint density at radius 1 is 1.21 bits per heavy atom. The van der Waals surface area contributed by atoms with Crippen molar-refractivity contribution < 1.29 is 36.6 Å². The van der Waals surface area contributed by atoms with Gasteiger partial charge in [-0.1, -0.05) is 24.2 Å². The van der Waals surface area contributed by atoms with Gasteiger partial charge in [0.05, 0.1) is 28.8 Å². The van der Waals surface area contributed by atoms with Crippen molar-refractivity contribution in [1.29, 1.82) is 0 Å². The first-order chi connectivity index (χ1) is 16.0. The molecule has 0 bridgehead atoms. The number of alkyl halides is 3. The molecule has 0 aliphatic carbocycles.